The molecule has 1 fully saturated rings. The Labute approximate surface area is 109 Å². The second-order valence-corrected chi connectivity index (χ2v) is 4.99. The summed E-state index contributed by atoms with van der Waals surface area (Å²) in [5.74, 6) is 0.882. The van der Waals surface area contributed by atoms with Crippen molar-refractivity contribution in [1.29, 1.82) is 5.26 Å². The quantitative estimate of drug-likeness (QED) is 0.881. The molecule has 0 spiro atoms. The van der Waals surface area contributed by atoms with E-state index in [4.69, 9.17) is 5.26 Å². The molecule has 2 rings (SSSR count). The van der Waals surface area contributed by atoms with Gasteiger partial charge in [-0.1, -0.05) is 6.92 Å². The Kier molecular flexibility index (Phi) is 4.54. The highest BCUT2D eigenvalue weighted by Crippen LogP contribution is 2.15. The Bertz CT molecular complexity index is 416. The summed E-state index contributed by atoms with van der Waals surface area (Å²) in [6.07, 6.45) is 4.30. The summed E-state index contributed by atoms with van der Waals surface area (Å²) in [6, 6.07) is 5.74. The van der Waals surface area contributed by atoms with Crippen LogP contribution < -0.4 is 5.32 Å². The smallest absolute Gasteiger partial charge is 0.142 e. The van der Waals surface area contributed by atoms with Gasteiger partial charge in [-0.2, -0.15) is 5.26 Å². The Balaban J connectivity index is 1.73. The first-order chi connectivity index (χ1) is 8.78. The van der Waals surface area contributed by atoms with Crippen molar-refractivity contribution in [1.82, 2.24) is 9.88 Å². The van der Waals surface area contributed by atoms with Crippen LogP contribution in [0.15, 0.2) is 18.3 Å². The van der Waals surface area contributed by atoms with Crippen LogP contribution in [0.4, 0.5) is 5.69 Å². The lowest BCUT2D eigenvalue weighted by molar-refractivity contribution is 0.199. The molecule has 4 nitrogen and oxygen atoms in total. The first-order valence-electron chi connectivity index (χ1n) is 6.60. The maximum Gasteiger partial charge on any atom is 0.142 e. The minimum atomic E-state index is 0.465. The molecule has 0 unspecified atom stereocenters. The van der Waals surface area contributed by atoms with E-state index in [-0.39, 0.29) is 0 Å². The maximum atomic E-state index is 8.77. The summed E-state index contributed by atoms with van der Waals surface area (Å²) >= 11 is 0. The number of likely N-dealkylation sites (tertiary alicyclic amines) is 1. The zero-order valence-electron chi connectivity index (χ0n) is 10.9. The van der Waals surface area contributed by atoms with Gasteiger partial charge >= 0.3 is 0 Å². The second kappa shape index (κ2) is 6.36. The van der Waals surface area contributed by atoms with Gasteiger partial charge in [-0.05, 0) is 44.0 Å². The summed E-state index contributed by atoms with van der Waals surface area (Å²) in [6.45, 7) is 6.74. The minimum absolute atomic E-state index is 0.465. The van der Waals surface area contributed by atoms with Crippen LogP contribution in [-0.2, 0) is 0 Å². The number of nitrogens with zero attached hydrogens (tertiary/aromatic N) is 3. The van der Waals surface area contributed by atoms with Crippen LogP contribution in [0.5, 0.6) is 0 Å². The number of nitriles is 1. The lowest BCUT2D eigenvalue weighted by atomic mass is 9.99. The first kappa shape index (κ1) is 12.8. The Morgan fingerprint density at radius 2 is 2.28 bits per heavy atom. The van der Waals surface area contributed by atoms with E-state index in [1.165, 1.54) is 25.9 Å². The molecule has 0 aliphatic carbocycles. The van der Waals surface area contributed by atoms with Crippen LogP contribution >= 0.6 is 0 Å². The van der Waals surface area contributed by atoms with Crippen molar-refractivity contribution in [3.05, 3.63) is 24.0 Å². The highest BCUT2D eigenvalue weighted by atomic mass is 15.1. The first-order valence-corrected chi connectivity index (χ1v) is 6.60. The lowest BCUT2D eigenvalue weighted by Gasteiger charge is -2.30. The fraction of sp³-hybridized carbons (Fsp3) is 0.571. The molecule has 0 atom stereocenters. The van der Waals surface area contributed by atoms with E-state index in [0.717, 1.165) is 24.7 Å². The van der Waals surface area contributed by atoms with E-state index < -0.39 is 0 Å². The molecule has 1 N–H and O–H groups in total. The number of rotatable bonds is 4. The van der Waals surface area contributed by atoms with Gasteiger partial charge in [-0.25, -0.2) is 4.98 Å². The number of anilines is 1. The van der Waals surface area contributed by atoms with Crippen LogP contribution in [0, 0.1) is 17.2 Å². The largest absolute Gasteiger partial charge is 0.384 e. The van der Waals surface area contributed by atoms with Gasteiger partial charge in [0.25, 0.3) is 0 Å². The molecule has 0 amide bonds. The molecule has 96 valence electrons. The number of hydrogen-bond donors (Lipinski definition) is 1. The van der Waals surface area contributed by atoms with Crippen molar-refractivity contribution in [3.8, 4) is 6.07 Å². The molecule has 1 aliphatic rings. The van der Waals surface area contributed by atoms with Gasteiger partial charge in [0.1, 0.15) is 11.8 Å². The molecule has 2 heterocycles. The van der Waals surface area contributed by atoms with E-state index in [2.05, 4.69) is 28.2 Å². The molecule has 1 saturated heterocycles. The van der Waals surface area contributed by atoms with Crippen LogP contribution in [0.3, 0.4) is 0 Å². The van der Waals surface area contributed by atoms with Crippen molar-refractivity contribution in [2.45, 2.75) is 19.8 Å². The number of piperidine rings is 1. The molecule has 1 aliphatic heterocycles. The van der Waals surface area contributed by atoms with Crippen LogP contribution in [0.25, 0.3) is 0 Å². The van der Waals surface area contributed by atoms with E-state index in [0.29, 0.717) is 5.69 Å². The van der Waals surface area contributed by atoms with Gasteiger partial charge in [0, 0.05) is 25.0 Å². The molecule has 0 aromatic carbocycles. The van der Waals surface area contributed by atoms with E-state index in [1.54, 1.807) is 12.3 Å². The summed E-state index contributed by atoms with van der Waals surface area (Å²) < 4.78 is 0. The number of hydrogen-bond acceptors (Lipinski definition) is 4. The Hall–Kier alpha value is -1.60. The fourth-order valence-electron chi connectivity index (χ4n) is 2.25. The molecular weight excluding hydrogens is 224 g/mol. The Morgan fingerprint density at radius 1 is 1.50 bits per heavy atom. The second-order valence-electron chi connectivity index (χ2n) is 4.99. The predicted molar refractivity (Wildman–Crippen MR) is 72.3 cm³/mol. The number of pyridine rings is 1. The zero-order valence-corrected chi connectivity index (χ0v) is 10.9. The van der Waals surface area contributed by atoms with E-state index in [1.807, 2.05) is 6.07 Å². The molecular formula is C14H20N4. The standard InChI is InChI=1S/C14H20N4/c1-12-3-7-18(8-4-12)9-6-17-13-2-5-16-14(10-13)11-15/h2,5,10,12H,3-4,6-9H2,1H3,(H,16,17). The maximum absolute atomic E-state index is 8.77. The van der Waals surface area contributed by atoms with E-state index >= 15 is 0 Å². The van der Waals surface area contributed by atoms with Gasteiger partial charge in [0.2, 0.25) is 0 Å². The summed E-state index contributed by atoms with van der Waals surface area (Å²) in [5, 5.41) is 12.1. The van der Waals surface area contributed by atoms with Crippen LogP contribution in [0.1, 0.15) is 25.5 Å². The average Bonchev–Trinajstić information content (AvgIpc) is 2.41. The minimum Gasteiger partial charge on any atom is -0.384 e. The third-order valence-electron chi connectivity index (χ3n) is 3.51. The van der Waals surface area contributed by atoms with Crippen molar-refractivity contribution in [2.75, 3.05) is 31.5 Å². The molecule has 0 bridgehead atoms. The number of nitrogens with one attached hydrogen (secondary N) is 1. The number of aromatic nitrogens is 1. The third-order valence-corrected chi connectivity index (χ3v) is 3.51. The SMILES string of the molecule is CC1CCN(CCNc2ccnc(C#N)c2)CC1. The van der Waals surface area contributed by atoms with Crippen molar-refractivity contribution in [2.24, 2.45) is 5.92 Å². The lowest BCUT2D eigenvalue weighted by Crippen LogP contribution is -2.36. The third kappa shape index (κ3) is 3.71. The summed E-state index contributed by atoms with van der Waals surface area (Å²) in [7, 11) is 0. The van der Waals surface area contributed by atoms with Gasteiger partial charge in [-0.3, -0.25) is 0 Å². The van der Waals surface area contributed by atoms with Gasteiger partial charge in [0.15, 0.2) is 0 Å². The summed E-state index contributed by atoms with van der Waals surface area (Å²) in [5.41, 5.74) is 1.44. The molecule has 1 aromatic rings. The molecule has 0 radical (unpaired) electrons. The van der Waals surface area contributed by atoms with Crippen molar-refractivity contribution in [3.63, 3.8) is 0 Å². The Morgan fingerprint density at radius 3 is 3.00 bits per heavy atom. The van der Waals surface area contributed by atoms with Crippen LogP contribution in [-0.4, -0.2) is 36.1 Å². The predicted octanol–water partition coefficient (Wildman–Crippen LogP) is 2.10. The van der Waals surface area contributed by atoms with E-state index in [9.17, 15) is 0 Å². The highest BCUT2D eigenvalue weighted by molar-refractivity contribution is 5.45. The highest BCUT2D eigenvalue weighted by Gasteiger charge is 2.14. The molecule has 4 heteroatoms. The van der Waals surface area contributed by atoms with Gasteiger partial charge < -0.3 is 10.2 Å². The fourth-order valence-corrected chi connectivity index (χ4v) is 2.25. The summed E-state index contributed by atoms with van der Waals surface area (Å²) in [4.78, 5) is 6.45. The zero-order chi connectivity index (χ0) is 12.8. The normalized spacial score (nSPS) is 17.3. The molecule has 18 heavy (non-hydrogen) atoms. The van der Waals surface area contributed by atoms with Gasteiger partial charge in [-0.15, -0.1) is 0 Å². The van der Waals surface area contributed by atoms with Crippen molar-refractivity contribution >= 4 is 5.69 Å². The van der Waals surface area contributed by atoms with Crippen LogP contribution in [0.2, 0.25) is 0 Å². The molecule has 1 aromatic heterocycles. The monoisotopic (exact) mass is 244 g/mol. The van der Waals surface area contributed by atoms with Gasteiger partial charge in [0.05, 0.1) is 0 Å². The topological polar surface area (TPSA) is 52.0 Å². The average molecular weight is 244 g/mol. The molecule has 0 saturated carbocycles. The van der Waals surface area contributed by atoms with Crippen molar-refractivity contribution < 1.29 is 0 Å².